The molecule has 0 radical (unpaired) electrons. The lowest BCUT2D eigenvalue weighted by atomic mass is 10.3. The van der Waals surface area contributed by atoms with Gasteiger partial charge in [-0.1, -0.05) is 157 Å². The molecule has 2 saturated carbocycles. The Labute approximate surface area is 823 Å². The molecule has 44 heteroatoms. The lowest BCUT2D eigenvalue weighted by Gasteiger charge is -2.25. The quantitative estimate of drug-likeness (QED) is 0.0564. The zero-order valence-electron chi connectivity index (χ0n) is 72.4. The Morgan fingerprint density at radius 2 is 0.580 bits per heavy atom. The van der Waals surface area contributed by atoms with Gasteiger partial charge in [-0.15, -0.1) is 0 Å². The van der Waals surface area contributed by atoms with Gasteiger partial charge in [0.25, 0.3) is 0 Å². The number of halogens is 12. The Morgan fingerprint density at radius 3 is 0.855 bits per heavy atom. The van der Waals surface area contributed by atoms with E-state index in [1.807, 2.05) is 51.1 Å². The van der Waals surface area contributed by atoms with Crippen LogP contribution in [0.1, 0.15) is 64.2 Å². The van der Waals surface area contributed by atoms with Gasteiger partial charge in [-0.3, -0.25) is 34.9 Å². The van der Waals surface area contributed by atoms with Gasteiger partial charge in [0.15, 0.2) is 0 Å². The molecular weight excluding hydrogens is 1930 g/mol. The maximum Gasteiger partial charge on any atom is 0.321 e. The molecule has 7 aromatic heterocycles. The molecule has 0 bridgehead atoms. The van der Waals surface area contributed by atoms with E-state index >= 15 is 0 Å². The van der Waals surface area contributed by atoms with Crippen molar-refractivity contribution in [3.63, 3.8) is 0 Å². The van der Waals surface area contributed by atoms with Gasteiger partial charge in [-0.25, -0.2) is 28.8 Å². The van der Waals surface area contributed by atoms with Crippen LogP contribution >= 0.6 is 139 Å². The lowest BCUT2D eigenvalue weighted by Crippen LogP contribution is -2.43. The van der Waals surface area contributed by atoms with E-state index < -0.39 is 0 Å². The topological polar surface area (TPSA) is 324 Å². The molecule has 0 unspecified atom stereocenters. The van der Waals surface area contributed by atoms with E-state index in [-0.39, 0.29) is 49.3 Å². The number of hydrogen-bond donors (Lipinski definition) is 7. The highest BCUT2D eigenvalue weighted by Gasteiger charge is 2.32. The van der Waals surface area contributed by atoms with Crippen LogP contribution in [-0.2, 0) is 0 Å². The monoisotopic (exact) mass is 2030 g/mol. The molecule has 12 amide bonds. The summed E-state index contributed by atoms with van der Waals surface area (Å²) in [6.45, 7) is 18.0. The molecule has 0 atom stereocenters. The summed E-state index contributed by atoms with van der Waals surface area (Å²) >= 11 is 74.5. The van der Waals surface area contributed by atoms with Crippen LogP contribution in [0, 0.1) is 5.92 Å². The van der Waals surface area contributed by atoms with Crippen molar-refractivity contribution < 1.29 is 33.9 Å². The second-order valence-electron chi connectivity index (χ2n) is 31.5. The summed E-state index contributed by atoms with van der Waals surface area (Å²) in [5.74, 6) is 0.696. The number of carbonyl (C=O) groups is 6. The van der Waals surface area contributed by atoms with E-state index in [2.05, 4.69) is 96.2 Å². The number of nitrogens with one attached hydrogen (secondary N) is 6. The molecule has 0 spiro atoms. The second-order valence-corrected chi connectivity index (χ2v) is 36.4. The van der Waals surface area contributed by atoms with Crippen LogP contribution in [0.3, 0.4) is 0 Å². The summed E-state index contributed by atoms with van der Waals surface area (Å²) in [4.78, 5) is 124. The Morgan fingerprint density at radius 1 is 0.305 bits per heavy atom. The molecule has 706 valence electrons. The molecule has 6 aliphatic heterocycles. The molecule has 131 heavy (non-hydrogen) atoms. The number of aliphatic hydroxyl groups excluding tert-OH is 1. The van der Waals surface area contributed by atoms with Crippen molar-refractivity contribution in [1.82, 2.24) is 85.6 Å². The number of nitrogens with zero attached hydrogens (tertiary/aromatic N) is 19. The Balaban J connectivity index is 0.000000152. The van der Waals surface area contributed by atoms with Crippen molar-refractivity contribution in [1.29, 1.82) is 0 Å². The van der Waals surface area contributed by atoms with Gasteiger partial charge in [0.1, 0.15) is 0 Å². The highest BCUT2D eigenvalue weighted by atomic mass is 35.5. The van der Waals surface area contributed by atoms with Gasteiger partial charge in [0.2, 0.25) is 0 Å². The average molecular weight is 2040 g/mol. The number of benzene rings is 1. The molecule has 2 aliphatic carbocycles. The summed E-state index contributed by atoms with van der Waals surface area (Å²) in [7, 11) is 1.64. The van der Waals surface area contributed by atoms with E-state index in [1.54, 1.807) is 115 Å². The van der Waals surface area contributed by atoms with E-state index in [0.717, 1.165) is 170 Å². The SMILES string of the molecule is CNC(=O)N1CCCN(c2c(Cl)cncc2Cl)CC1.O=C(NC1CC1)N1CCCN(c2c(Cl)cncc2Cl)CC1.O=C(NCC1CC1)N1CCCN(c2c(Cl)cncc2Cl)CC1.O=C(NCCO)N1CCCN(c2c(Cl)cncc2Cl)CC1.O=C(Nc1ccccc1)N1CCCN(c2c(Cl)cncc2Cl)CC1.O=C(Nc1cccnc1)N1CCCN(c2c(Cl)cncc2Cl)CC1. The van der Waals surface area contributed by atoms with Crippen LogP contribution < -0.4 is 61.3 Å². The molecule has 8 aromatic rings. The Hall–Kier alpha value is -8.87. The second kappa shape index (κ2) is 52.7. The first-order valence-electron chi connectivity index (χ1n) is 43.4. The summed E-state index contributed by atoms with van der Waals surface area (Å²) in [6.07, 6.45) is 32.2. The van der Waals surface area contributed by atoms with Crippen LogP contribution in [0.25, 0.3) is 0 Å². The largest absolute Gasteiger partial charge is 0.395 e. The number of carbonyl (C=O) groups excluding carboxylic acids is 6. The van der Waals surface area contributed by atoms with Crippen LogP contribution in [-0.4, -0.2) is 295 Å². The highest BCUT2D eigenvalue weighted by molar-refractivity contribution is 6.42. The fourth-order valence-electron chi connectivity index (χ4n) is 15.3. The minimum atomic E-state index is -0.155. The first kappa shape index (κ1) is 103. The lowest BCUT2D eigenvalue weighted by molar-refractivity contribution is 0.196. The van der Waals surface area contributed by atoms with Crippen molar-refractivity contribution in [2.24, 2.45) is 5.92 Å². The van der Waals surface area contributed by atoms with Crippen LogP contribution in [0.2, 0.25) is 60.3 Å². The van der Waals surface area contributed by atoms with Crippen LogP contribution in [0.15, 0.2) is 129 Å². The molecule has 13 heterocycles. The van der Waals surface area contributed by atoms with Crippen molar-refractivity contribution in [2.75, 3.05) is 224 Å². The zero-order chi connectivity index (χ0) is 93.3. The first-order chi connectivity index (χ1) is 63.4. The van der Waals surface area contributed by atoms with Gasteiger partial charge in [0, 0.05) is 269 Å². The van der Waals surface area contributed by atoms with Gasteiger partial charge in [0.05, 0.1) is 113 Å². The molecule has 7 N–H and O–H groups in total. The number of hydrogen-bond acceptors (Lipinski definition) is 20. The van der Waals surface area contributed by atoms with Crippen molar-refractivity contribution in [3.8, 4) is 0 Å². The smallest absolute Gasteiger partial charge is 0.321 e. The third-order valence-corrected chi connectivity index (χ3v) is 25.6. The number of urea groups is 6. The predicted molar refractivity (Wildman–Crippen MR) is 527 cm³/mol. The van der Waals surface area contributed by atoms with E-state index in [9.17, 15) is 28.8 Å². The number of pyridine rings is 7. The third-order valence-electron chi connectivity index (χ3n) is 22.2. The summed E-state index contributed by atoms with van der Waals surface area (Å²) in [6, 6.07) is 13.1. The van der Waals surface area contributed by atoms with E-state index in [1.165, 1.54) is 12.8 Å². The number of aromatic nitrogens is 7. The van der Waals surface area contributed by atoms with Crippen molar-refractivity contribution >= 4 is 221 Å². The molecule has 1 aromatic carbocycles. The first-order valence-corrected chi connectivity index (χ1v) is 47.9. The maximum atomic E-state index is 12.4. The molecule has 32 nitrogen and oxygen atoms in total. The summed E-state index contributed by atoms with van der Waals surface area (Å²) in [5.41, 5.74) is 6.26. The highest BCUT2D eigenvalue weighted by Crippen LogP contribution is 2.40. The fourth-order valence-corrected chi connectivity index (χ4v) is 18.9. The minimum Gasteiger partial charge on any atom is -0.395 e. The standard InChI is InChI=1S/C17H18Cl2N4O.C16H17Cl2N5O.C15H20Cl2N4O.C14H18Cl2N4O.C13H18Cl2N4O2.C12H16Cl2N4O/c18-14-11-20-12-15(19)16(14)22-7-4-8-23(10-9-22)17(24)21-13-5-2-1-3-6-13;17-13-10-20-11-14(18)15(13)22-5-2-6-23(8-7-22)16(24)21-12-3-1-4-19-9-12;16-12-9-18-10-13(17)14(12)20-4-1-5-21(7-6-20)15(22)19-8-11-2-3-11;15-11-8-17-9-12(16)13(11)19-4-1-5-20(7-6-19)14(21)18-10-2-3-10;14-10-8-16-9-11(15)12(10)18-3-1-4-19(6-5-18)13(21)17-2-7-20;1-15-12(19)18-4-2-3-17(5-6-18)11-9(13)7-16-8-10(11)14/h1-3,5-6,11-12H,4,7-10H2,(H,21,24);1,3-4,9-11H,2,5-8H2,(H,21,24);9-11H,1-8H2,(H,19,22);8-10H,1-7H2,(H,18,21);8-9,20H,1-7H2,(H,17,21);7-8H,2-6H2,1H3,(H,15,19). The average Bonchev–Trinajstić information content (AvgIpc) is 1.71. The number of anilines is 8. The van der Waals surface area contributed by atoms with Crippen molar-refractivity contribution in [2.45, 2.75) is 70.3 Å². The Kier molecular flexibility index (Phi) is 41.3. The minimum absolute atomic E-state index is 0.0423. The van der Waals surface area contributed by atoms with E-state index in [4.69, 9.17) is 144 Å². The maximum absolute atomic E-state index is 12.4. The Bertz CT molecular complexity index is 4810. The number of amides is 12. The van der Waals surface area contributed by atoms with Gasteiger partial charge < -0.3 is 95.8 Å². The van der Waals surface area contributed by atoms with Crippen LogP contribution in [0.5, 0.6) is 0 Å². The van der Waals surface area contributed by atoms with Crippen molar-refractivity contribution in [3.05, 3.63) is 189 Å². The number of rotatable bonds is 13. The number of aliphatic hydroxyl groups is 1. The van der Waals surface area contributed by atoms with Gasteiger partial charge in [-0.05, 0) is 94.4 Å². The number of para-hydroxylation sites is 1. The normalized spacial score (nSPS) is 16.7. The van der Waals surface area contributed by atoms with Gasteiger partial charge in [-0.2, -0.15) is 0 Å². The van der Waals surface area contributed by atoms with Crippen LogP contribution in [0.4, 0.5) is 74.3 Å². The van der Waals surface area contributed by atoms with E-state index in [0.29, 0.717) is 163 Å². The molecule has 16 rings (SSSR count). The third kappa shape index (κ3) is 31.4. The molecule has 8 aliphatic rings. The molecule has 8 fully saturated rings. The summed E-state index contributed by atoms with van der Waals surface area (Å²) in [5, 5.41) is 32.3. The molecular formula is C87H107Cl12N25O7. The zero-order valence-corrected chi connectivity index (χ0v) is 81.4. The molecule has 6 saturated heterocycles. The summed E-state index contributed by atoms with van der Waals surface area (Å²) < 4.78 is 0. The fraction of sp³-hybridized carbons (Fsp3) is 0.460. The van der Waals surface area contributed by atoms with Gasteiger partial charge >= 0.3 is 36.2 Å². The predicted octanol–water partition coefficient (Wildman–Crippen LogP) is 17.3.